The van der Waals surface area contributed by atoms with E-state index in [9.17, 15) is 9.70 Å². The molecule has 5 heteroatoms. The molecule has 18 heavy (non-hydrogen) atoms. The SMILES string of the molecule is CCCCCC[C@@H](CNCC[C@H](N)C(C)=O)N=O. The standard InChI is InChI=1S/C13H27N3O2/c1-3-4-5-6-7-12(16-18)10-15-9-8-13(14)11(2)17/h12-13,15H,3-10,14H2,1-2H3/t12-,13-/m0/s1. The average Bonchev–Trinajstić information content (AvgIpc) is 2.36. The minimum absolute atomic E-state index is 0.00132. The monoisotopic (exact) mass is 257 g/mol. The zero-order chi connectivity index (χ0) is 13.8. The fourth-order valence-electron chi connectivity index (χ4n) is 1.73. The van der Waals surface area contributed by atoms with Gasteiger partial charge in [0.05, 0.1) is 6.04 Å². The summed E-state index contributed by atoms with van der Waals surface area (Å²) >= 11 is 0. The number of carbonyl (C=O) groups is 1. The molecule has 5 nitrogen and oxygen atoms in total. The van der Waals surface area contributed by atoms with Crippen molar-refractivity contribution in [3.8, 4) is 0 Å². The number of hydrogen-bond acceptors (Lipinski definition) is 5. The van der Waals surface area contributed by atoms with Crippen LogP contribution in [0.25, 0.3) is 0 Å². The molecule has 0 aliphatic carbocycles. The number of ketones is 1. The van der Waals surface area contributed by atoms with E-state index in [-0.39, 0.29) is 11.8 Å². The number of carbonyl (C=O) groups excluding carboxylic acids is 1. The maximum absolute atomic E-state index is 10.9. The lowest BCUT2D eigenvalue weighted by molar-refractivity contribution is -0.118. The third-order valence-electron chi connectivity index (χ3n) is 3.07. The van der Waals surface area contributed by atoms with Crippen LogP contribution in [0.2, 0.25) is 0 Å². The molecular formula is C13H27N3O2. The third kappa shape index (κ3) is 9.24. The molecule has 0 fully saturated rings. The number of nitroso groups, excluding NO2 is 1. The molecule has 3 N–H and O–H groups in total. The van der Waals surface area contributed by atoms with Gasteiger partial charge in [-0.2, -0.15) is 4.91 Å². The Balaban J connectivity index is 3.55. The highest BCUT2D eigenvalue weighted by Crippen LogP contribution is 2.07. The topological polar surface area (TPSA) is 84.5 Å². The van der Waals surface area contributed by atoms with E-state index < -0.39 is 6.04 Å². The van der Waals surface area contributed by atoms with E-state index in [0.29, 0.717) is 19.5 Å². The van der Waals surface area contributed by atoms with Gasteiger partial charge in [0, 0.05) is 6.54 Å². The molecule has 0 aromatic carbocycles. The van der Waals surface area contributed by atoms with Gasteiger partial charge in [-0.05, 0) is 26.3 Å². The molecule has 2 atom stereocenters. The lowest BCUT2D eigenvalue weighted by atomic mass is 10.1. The highest BCUT2D eigenvalue weighted by Gasteiger charge is 2.10. The first-order valence-corrected chi connectivity index (χ1v) is 6.91. The highest BCUT2D eigenvalue weighted by molar-refractivity contribution is 5.81. The molecule has 0 unspecified atom stereocenters. The maximum Gasteiger partial charge on any atom is 0.146 e. The Bertz CT molecular complexity index is 234. The van der Waals surface area contributed by atoms with Gasteiger partial charge in [0.15, 0.2) is 0 Å². The largest absolute Gasteiger partial charge is 0.321 e. The number of Topliss-reactive ketones (excluding diaryl/α,β-unsaturated/α-hetero) is 1. The van der Waals surface area contributed by atoms with Crippen LogP contribution in [0, 0.1) is 4.91 Å². The molecule has 0 bridgehead atoms. The Labute approximate surface area is 110 Å². The second-order valence-electron chi connectivity index (χ2n) is 4.82. The number of nitrogens with zero attached hydrogens (tertiary/aromatic N) is 1. The second-order valence-corrected chi connectivity index (χ2v) is 4.82. The second kappa shape index (κ2) is 11.3. The van der Waals surface area contributed by atoms with E-state index in [1.54, 1.807) is 0 Å². The molecule has 0 spiro atoms. The predicted octanol–water partition coefficient (Wildman–Crippen LogP) is 1.99. The molecule has 0 aromatic rings. The molecular weight excluding hydrogens is 230 g/mol. The van der Waals surface area contributed by atoms with Crippen molar-refractivity contribution in [1.82, 2.24) is 5.32 Å². The summed E-state index contributed by atoms with van der Waals surface area (Å²) in [6.45, 7) is 4.89. The van der Waals surface area contributed by atoms with Gasteiger partial charge in [-0.15, -0.1) is 0 Å². The van der Waals surface area contributed by atoms with E-state index in [1.807, 2.05) is 0 Å². The van der Waals surface area contributed by atoms with E-state index in [0.717, 1.165) is 19.3 Å². The van der Waals surface area contributed by atoms with Crippen LogP contribution in [0.3, 0.4) is 0 Å². The van der Waals surface area contributed by atoms with Gasteiger partial charge in [-0.25, -0.2) is 0 Å². The Hall–Kier alpha value is -0.810. The van der Waals surface area contributed by atoms with Crippen LogP contribution in [0.1, 0.15) is 52.4 Å². The van der Waals surface area contributed by atoms with Gasteiger partial charge >= 0.3 is 0 Å². The quantitative estimate of drug-likeness (QED) is 0.413. The molecule has 0 heterocycles. The van der Waals surface area contributed by atoms with Crippen molar-refractivity contribution in [2.24, 2.45) is 10.9 Å². The summed E-state index contributed by atoms with van der Waals surface area (Å²) in [5.74, 6) is 0.00132. The predicted molar refractivity (Wildman–Crippen MR) is 74.5 cm³/mol. The average molecular weight is 257 g/mol. The highest BCUT2D eigenvalue weighted by atomic mass is 16.3. The first-order chi connectivity index (χ1) is 8.61. The van der Waals surface area contributed by atoms with E-state index in [1.165, 1.54) is 19.8 Å². The van der Waals surface area contributed by atoms with E-state index in [4.69, 9.17) is 5.73 Å². The van der Waals surface area contributed by atoms with E-state index in [2.05, 4.69) is 17.4 Å². The van der Waals surface area contributed by atoms with Gasteiger partial charge in [0.1, 0.15) is 11.8 Å². The summed E-state index contributed by atoms with van der Waals surface area (Å²) in [4.78, 5) is 21.5. The summed E-state index contributed by atoms with van der Waals surface area (Å²) < 4.78 is 0. The normalized spacial score (nSPS) is 14.2. The van der Waals surface area contributed by atoms with Crippen LogP contribution in [0.4, 0.5) is 0 Å². The number of rotatable bonds is 12. The van der Waals surface area contributed by atoms with Crippen molar-refractivity contribution >= 4 is 5.78 Å². The number of nitrogens with one attached hydrogen (secondary N) is 1. The Morgan fingerprint density at radius 1 is 1.28 bits per heavy atom. The van der Waals surface area contributed by atoms with E-state index >= 15 is 0 Å². The van der Waals surface area contributed by atoms with Crippen LogP contribution in [-0.4, -0.2) is 31.0 Å². The van der Waals surface area contributed by atoms with Crippen LogP contribution >= 0.6 is 0 Å². The molecule has 0 rings (SSSR count). The minimum Gasteiger partial charge on any atom is -0.321 e. The van der Waals surface area contributed by atoms with Crippen molar-refractivity contribution in [1.29, 1.82) is 0 Å². The molecule has 0 aromatic heterocycles. The van der Waals surface area contributed by atoms with Gasteiger partial charge in [-0.1, -0.05) is 37.8 Å². The summed E-state index contributed by atoms with van der Waals surface area (Å²) in [5.41, 5.74) is 5.60. The van der Waals surface area contributed by atoms with Gasteiger partial charge in [0.25, 0.3) is 0 Å². The number of hydrogen-bond donors (Lipinski definition) is 2. The number of nitrogens with two attached hydrogens (primary N) is 1. The lowest BCUT2D eigenvalue weighted by Crippen LogP contribution is -2.34. The molecule has 0 aliphatic heterocycles. The molecule has 0 saturated heterocycles. The molecule has 0 aliphatic rings. The van der Waals surface area contributed by atoms with Crippen LogP contribution in [0.5, 0.6) is 0 Å². The molecule has 106 valence electrons. The Kier molecular flexibility index (Phi) is 10.8. The maximum atomic E-state index is 10.9. The lowest BCUT2D eigenvalue weighted by Gasteiger charge is -2.12. The van der Waals surface area contributed by atoms with Gasteiger partial charge in [0.2, 0.25) is 0 Å². The summed E-state index contributed by atoms with van der Waals surface area (Å²) in [5, 5.41) is 6.26. The smallest absolute Gasteiger partial charge is 0.146 e. The summed E-state index contributed by atoms with van der Waals surface area (Å²) in [6.07, 6.45) is 6.08. The van der Waals surface area contributed by atoms with Crippen LogP contribution in [-0.2, 0) is 4.79 Å². The van der Waals surface area contributed by atoms with Crippen LogP contribution in [0.15, 0.2) is 5.18 Å². The number of unbranched alkanes of at least 4 members (excludes halogenated alkanes) is 3. The summed E-state index contributed by atoms with van der Waals surface area (Å²) in [7, 11) is 0. The van der Waals surface area contributed by atoms with Crippen molar-refractivity contribution in [3.05, 3.63) is 4.91 Å². The first kappa shape index (κ1) is 17.2. The zero-order valence-electron chi connectivity index (χ0n) is 11.7. The molecule has 0 amide bonds. The Morgan fingerprint density at radius 3 is 2.56 bits per heavy atom. The first-order valence-electron chi connectivity index (χ1n) is 6.91. The van der Waals surface area contributed by atoms with Gasteiger partial charge < -0.3 is 11.1 Å². The van der Waals surface area contributed by atoms with Gasteiger partial charge in [-0.3, -0.25) is 4.79 Å². The van der Waals surface area contributed by atoms with Crippen molar-refractivity contribution in [2.75, 3.05) is 13.1 Å². The van der Waals surface area contributed by atoms with Crippen molar-refractivity contribution in [3.63, 3.8) is 0 Å². The summed E-state index contributed by atoms with van der Waals surface area (Å²) in [6, 6.07) is -0.555. The fraction of sp³-hybridized carbons (Fsp3) is 0.923. The third-order valence-corrected chi connectivity index (χ3v) is 3.07. The zero-order valence-corrected chi connectivity index (χ0v) is 11.7. The minimum atomic E-state index is -0.398. The van der Waals surface area contributed by atoms with Crippen molar-refractivity contribution in [2.45, 2.75) is 64.5 Å². The molecule has 0 radical (unpaired) electrons. The Morgan fingerprint density at radius 2 is 2.00 bits per heavy atom. The van der Waals surface area contributed by atoms with Crippen LogP contribution < -0.4 is 11.1 Å². The fourth-order valence-corrected chi connectivity index (χ4v) is 1.73. The molecule has 0 saturated carbocycles. The van der Waals surface area contributed by atoms with Crippen molar-refractivity contribution < 1.29 is 4.79 Å².